The Labute approximate surface area is 181 Å². The van der Waals surface area contributed by atoms with Gasteiger partial charge in [0.2, 0.25) is 6.29 Å². The van der Waals surface area contributed by atoms with Crippen molar-refractivity contribution in [3.63, 3.8) is 0 Å². The van der Waals surface area contributed by atoms with Gasteiger partial charge in [-0.05, 0) is 54.7 Å². The molecule has 158 valence electrons. The normalized spacial score (nSPS) is 10.4. The fourth-order valence-corrected chi connectivity index (χ4v) is 3.23. The van der Waals surface area contributed by atoms with Crippen molar-refractivity contribution in [3.05, 3.63) is 59.7 Å². The van der Waals surface area contributed by atoms with E-state index in [1.165, 1.54) is 25.7 Å². The molecule has 0 bridgehead atoms. The van der Waals surface area contributed by atoms with E-state index in [9.17, 15) is 0 Å². The van der Waals surface area contributed by atoms with Crippen LogP contribution in [0.15, 0.2) is 48.5 Å². The van der Waals surface area contributed by atoms with Crippen LogP contribution in [-0.4, -0.2) is 6.29 Å². The summed E-state index contributed by atoms with van der Waals surface area (Å²) in [5, 5.41) is 17.5. The number of hydrogen-bond donors (Lipinski definition) is 0. The van der Waals surface area contributed by atoms with Crippen molar-refractivity contribution in [1.82, 2.24) is 0 Å². The Morgan fingerprint density at radius 2 is 1.17 bits per heavy atom. The van der Waals surface area contributed by atoms with Crippen LogP contribution in [0.3, 0.4) is 0 Å². The lowest BCUT2D eigenvalue weighted by Crippen LogP contribution is -2.24. The molecule has 4 heteroatoms. The van der Waals surface area contributed by atoms with Crippen LogP contribution < -0.4 is 9.47 Å². The first-order valence-corrected chi connectivity index (χ1v) is 11.0. The second kappa shape index (κ2) is 14.1. The highest BCUT2D eigenvalue weighted by Crippen LogP contribution is 2.21. The number of rotatable bonds is 14. The van der Waals surface area contributed by atoms with Gasteiger partial charge in [-0.1, -0.05) is 56.9 Å². The summed E-state index contributed by atoms with van der Waals surface area (Å²) in [7, 11) is 0. The Hall–Kier alpha value is -2.98. The molecule has 2 rings (SSSR count). The third-order valence-corrected chi connectivity index (χ3v) is 4.98. The standard InChI is InChI=1S/C26H32N2O2/c1-2-3-4-5-6-11-26(29-24-16-12-22(13-17-24)9-7-20-27)30-25-18-14-23(15-19-25)10-8-21-28/h12-19,26H,2-11H2,1H3. The van der Waals surface area contributed by atoms with Crippen molar-refractivity contribution in [2.75, 3.05) is 0 Å². The van der Waals surface area contributed by atoms with Crippen molar-refractivity contribution >= 4 is 0 Å². The van der Waals surface area contributed by atoms with Crippen LogP contribution in [0.5, 0.6) is 11.5 Å². The van der Waals surface area contributed by atoms with Crippen LogP contribution in [-0.2, 0) is 12.8 Å². The topological polar surface area (TPSA) is 66.0 Å². The fourth-order valence-electron chi connectivity index (χ4n) is 3.23. The number of aryl methyl sites for hydroxylation is 2. The van der Waals surface area contributed by atoms with E-state index in [1.807, 2.05) is 48.5 Å². The van der Waals surface area contributed by atoms with Crippen LogP contribution in [0, 0.1) is 22.7 Å². The Kier molecular flexibility index (Phi) is 10.9. The lowest BCUT2D eigenvalue weighted by Gasteiger charge is -2.21. The largest absolute Gasteiger partial charge is 0.455 e. The zero-order valence-electron chi connectivity index (χ0n) is 18.0. The molecule has 0 saturated carbocycles. The summed E-state index contributed by atoms with van der Waals surface area (Å²) in [5.41, 5.74) is 2.27. The Balaban J connectivity index is 1.97. The molecule has 0 aromatic heterocycles. The van der Waals surface area contributed by atoms with Gasteiger partial charge in [0, 0.05) is 19.3 Å². The van der Waals surface area contributed by atoms with Gasteiger partial charge in [-0.25, -0.2) is 0 Å². The van der Waals surface area contributed by atoms with E-state index in [2.05, 4.69) is 19.1 Å². The number of nitrogens with zero attached hydrogens (tertiary/aromatic N) is 2. The summed E-state index contributed by atoms with van der Waals surface area (Å²) in [6, 6.07) is 20.2. The molecule has 2 aromatic carbocycles. The summed E-state index contributed by atoms with van der Waals surface area (Å²) in [5.74, 6) is 1.56. The third kappa shape index (κ3) is 9.01. The Morgan fingerprint density at radius 3 is 1.60 bits per heavy atom. The van der Waals surface area contributed by atoms with Gasteiger partial charge < -0.3 is 9.47 Å². The van der Waals surface area contributed by atoms with E-state index >= 15 is 0 Å². The van der Waals surface area contributed by atoms with Gasteiger partial charge in [-0.3, -0.25) is 0 Å². The molecule has 0 saturated heterocycles. The van der Waals surface area contributed by atoms with Crippen molar-refractivity contribution < 1.29 is 9.47 Å². The Bertz CT molecular complexity index is 737. The van der Waals surface area contributed by atoms with Gasteiger partial charge in [-0.2, -0.15) is 10.5 Å². The maximum absolute atomic E-state index is 8.73. The lowest BCUT2D eigenvalue weighted by molar-refractivity contribution is -0.00247. The maximum Gasteiger partial charge on any atom is 0.241 e. The second-order valence-electron chi connectivity index (χ2n) is 7.47. The number of benzene rings is 2. The summed E-state index contributed by atoms with van der Waals surface area (Å²) in [6.07, 6.45) is 9.01. The van der Waals surface area contributed by atoms with E-state index in [-0.39, 0.29) is 6.29 Å². The minimum Gasteiger partial charge on any atom is -0.455 e. The minimum absolute atomic E-state index is 0.346. The zero-order chi connectivity index (χ0) is 21.4. The highest BCUT2D eigenvalue weighted by molar-refractivity contribution is 5.29. The van der Waals surface area contributed by atoms with Gasteiger partial charge in [0.25, 0.3) is 0 Å². The predicted molar refractivity (Wildman–Crippen MR) is 119 cm³/mol. The minimum atomic E-state index is -0.346. The molecule has 0 fully saturated rings. The number of nitriles is 2. The van der Waals surface area contributed by atoms with Gasteiger partial charge >= 0.3 is 0 Å². The van der Waals surface area contributed by atoms with E-state index < -0.39 is 0 Å². The maximum atomic E-state index is 8.73. The first kappa shape index (κ1) is 23.3. The SMILES string of the molecule is CCCCCCCC(Oc1ccc(CCC#N)cc1)Oc1ccc(CCC#N)cc1. The molecule has 0 N–H and O–H groups in total. The zero-order valence-corrected chi connectivity index (χ0v) is 18.0. The van der Waals surface area contributed by atoms with Gasteiger partial charge in [0.15, 0.2) is 0 Å². The Morgan fingerprint density at radius 1 is 0.700 bits per heavy atom. The van der Waals surface area contributed by atoms with Crippen LogP contribution in [0.2, 0.25) is 0 Å². The lowest BCUT2D eigenvalue weighted by atomic mass is 10.1. The molecule has 0 aliphatic heterocycles. The monoisotopic (exact) mass is 404 g/mol. The van der Waals surface area contributed by atoms with Crippen LogP contribution in [0.1, 0.15) is 69.4 Å². The molecule has 30 heavy (non-hydrogen) atoms. The molecule has 4 nitrogen and oxygen atoms in total. The van der Waals surface area contributed by atoms with Gasteiger partial charge in [0.1, 0.15) is 11.5 Å². The summed E-state index contributed by atoms with van der Waals surface area (Å²) >= 11 is 0. The molecule has 0 unspecified atom stereocenters. The molecule has 0 heterocycles. The highest BCUT2D eigenvalue weighted by atomic mass is 16.7. The van der Waals surface area contributed by atoms with Crippen molar-refractivity contribution in [2.45, 2.75) is 77.4 Å². The molecule has 0 spiro atoms. The molecule has 0 radical (unpaired) electrons. The fraction of sp³-hybridized carbons (Fsp3) is 0.462. The predicted octanol–water partition coefficient (Wildman–Crippen LogP) is 6.74. The van der Waals surface area contributed by atoms with Gasteiger partial charge in [0.05, 0.1) is 12.1 Å². The highest BCUT2D eigenvalue weighted by Gasteiger charge is 2.13. The summed E-state index contributed by atoms with van der Waals surface area (Å²) < 4.78 is 12.3. The first-order chi connectivity index (χ1) is 14.7. The van der Waals surface area contributed by atoms with E-state index in [4.69, 9.17) is 20.0 Å². The molecule has 0 aliphatic carbocycles. The molecular weight excluding hydrogens is 372 g/mol. The number of unbranched alkanes of at least 4 members (excludes halogenated alkanes) is 4. The number of ether oxygens (including phenoxy) is 2. The average molecular weight is 405 g/mol. The van der Waals surface area contributed by atoms with E-state index in [0.29, 0.717) is 12.8 Å². The molecule has 0 amide bonds. The van der Waals surface area contributed by atoms with Crippen molar-refractivity contribution in [2.24, 2.45) is 0 Å². The number of hydrogen-bond acceptors (Lipinski definition) is 4. The molecule has 0 atom stereocenters. The molecule has 2 aromatic rings. The molecular formula is C26H32N2O2. The van der Waals surface area contributed by atoms with E-state index in [0.717, 1.165) is 48.3 Å². The summed E-state index contributed by atoms with van der Waals surface area (Å²) in [6.45, 7) is 2.22. The van der Waals surface area contributed by atoms with Crippen LogP contribution >= 0.6 is 0 Å². The average Bonchev–Trinajstić information content (AvgIpc) is 2.78. The van der Waals surface area contributed by atoms with Crippen LogP contribution in [0.25, 0.3) is 0 Å². The third-order valence-electron chi connectivity index (χ3n) is 4.98. The quantitative estimate of drug-likeness (QED) is 0.258. The van der Waals surface area contributed by atoms with Gasteiger partial charge in [-0.15, -0.1) is 0 Å². The summed E-state index contributed by atoms with van der Waals surface area (Å²) in [4.78, 5) is 0. The smallest absolute Gasteiger partial charge is 0.241 e. The van der Waals surface area contributed by atoms with Crippen LogP contribution in [0.4, 0.5) is 0 Å². The molecule has 0 aliphatic rings. The van der Waals surface area contributed by atoms with Crippen molar-refractivity contribution in [3.8, 4) is 23.6 Å². The first-order valence-electron chi connectivity index (χ1n) is 11.0. The second-order valence-corrected chi connectivity index (χ2v) is 7.47. The van der Waals surface area contributed by atoms with Crippen molar-refractivity contribution in [1.29, 1.82) is 10.5 Å². The van der Waals surface area contributed by atoms with E-state index in [1.54, 1.807) is 0 Å².